The Morgan fingerprint density at radius 3 is 2.63 bits per heavy atom. The quantitative estimate of drug-likeness (QED) is 0.574. The summed E-state index contributed by atoms with van der Waals surface area (Å²) in [6.45, 7) is 4.98. The van der Waals surface area contributed by atoms with E-state index in [0.29, 0.717) is 0 Å². The summed E-state index contributed by atoms with van der Waals surface area (Å²) in [5.41, 5.74) is 1.93. The van der Waals surface area contributed by atoms with Gasteiger partial charge in [-0.15, -0.1) is 22.7 Å². The maximum absolute atomic E-state index is 12.8. The van der Waals surface area contributed by atoms with Gasteiger partial charge < -0.3 is 10.2 Å². The molecule has 8 heteroatoms. The van der Waals surface area contributed by atoms with Crippen LogP contribution in [0.4, 0.5) is 0 Å². The minimum Gasteiger partial charge on any atom is -0.348 e. The number of nitrogens with one attached hydrogen (secondary N) is 1. The highest BCUT2D eigenvalue weighted by Crippen LogP contribution is 2.33. The average molecular weight is 461 g/mol. The van der Waals surface area contributed by atoms with Gasteiger partial charge in [0.2, 0.25) is 5.91 Å². The first kappa shape index (κ1) is 21.5. The molecule has 1 amide bonds. The summed E-state index contributed by atoms with van der Waals surface area (Å²) in [7, 11) is 2.15. The van der Waals surface area contributed by atoms with E-state index in [0.717, 1.165) is 58.2 Å². The van der Waals surface area contributed by atoms with Gasteiger partial charge in [0, 0.05) is 38.1 Å². The molecule has 1 fully saturated rings. The van der Waals surface area contributed by atoms with Crippen LogP contribution in [-0.4, -0.2) is 60.5 Å². The lowest BCUT2D eigenvalue weighted by atomic mass is 10.1. The third-order valence-corrected chi connectivity index (χ3v) is 7.54. The number of hydrogen-bond donors (Lipinski definition) is 1. The molecule has 1 saturated heterocycles. The Labute approximate surface area is 190 Å². The predicted octanol–water partition coefficient (Wildman–Crippen LogP) is 4.17. The second-order valence-corrected chi connectivity index (χ2v) is 10.1. The molecule has 0 spiro atoms. The van der Waals surface area contributed by atoms with Gasteiger partial charge in [0.05, 0.1) is 27.4 Å². The Kier molecular flexibility index (Phi) is 7.17. The van der Waals surface area contributed by atoms with Gasteiger partial charge in [-0.1, -0.05) is 41.9 Å². The van der Waals surface area contributed by atoms with Gasteiger partial charge in [0.25, 0.3) is 0 Å². The number of carbonyl (C=O) groups excluding carboxylic acids is 1. The maximum atomic E-state index is 12.8. The minimum absolute atomic E-state index is 0.000887. The molecule has 1 N–H and O–H groups in total. The zero-order valence-electron chi connectivity index (χ0n) is 16.9. The Morgan fingerprint density at radius 2 is 1.93 bits per heavy atom. The van der Waals surface area contributed by atoms with E-state index < -0.39 is 0 Å². The van der Waals surface area contributed by atoms with Crippen molar-refractivity contribution < 1.29 is 4.79 Å². The second-order valence-electron chi connectivity index (χ2n) is 7.56. The lowest BCUT2D eigenvalue weighted by molar-refractivity contribution is -0.121. The van der Waals surface area contributed by atoms with E-state index in [-0.39, 0.29) is 18.4 Å². The molecule has 1 unspecified atom stereocenters. The van der Waals surface area contributed by atoms with Crippen LogP contribution in [0.25, 0.3) is 9.88 Å². The molecule has 0 saturated carbocycles. The van der Waals surface area contributed by atoms with Gasteiger partial charge >= 0.3 is 0 Å². The Morgan fingerprint density at radius 1 is 1.17 bits per heavy atom. The number of rotatable bonds is 7. The fourth-order valence-corrected chi connectivity index (χ4v) is 5.48. The summed E-state index contributed by atoms with van der Waals surface area (Å²) in [6.07, 6.45) is 0.279. The van der Waals surface area contributed by atoms with Gasteiger partial charge in [-0.05, 0) is 24.7 Å². The molecule has 0 radical (unpaired) electrons. The van der Waals surface area contributed by atoms with E-state index in [1.54, 1.807) is 11.3 Å². The van der Waals surface area contributed by atoms with Crippen LogP contribution in [0.2, 0.25) is 4.34 Å². The molecule has 1 aliphatic rings. The van der Waals surface area contributed by atoms with Crippen molar-refractivity contribution in [2.75, 3.05) is 39.8 Å². The standard InChI is InChI=1S/C22H25ClN4OS2/c1-26-9-11-27(12-10-26)14-18(16-5-3-2-4-6-16)25-21(28)13-17-15-29-22(24-17)19-7-8-20(23)30-19/h2-8,15,18H,9-14H2,1H3,(H,25,28). The summed E-state index contributed by atoms with van der Waals surface area (Å²) < 4.78 is 0.745. The molecule has 3 heterocycles. The number of carbonyl (C=O) groups is 1. The third-order valence-electron chi connectivity index (χ3n) is 5.25. The van der Waals surface area contributed by atoms with Gasteiger partial charge in [0.15, 0.2) is 0 Å². The van der Waals surface area contributed by atoms with Crippen molar-refractivity contribution in [3.63, 3.8) is 0 Å². The molecule has 1 aliphatic heterocycles. The molecule has 3 aromatic rings. The van der Waals surface area contributed by atoms with E-state index >= 15 is 0 Å². The lowest BCUT2D eigenvalue weighted by Gasteiger charge is -2.35. The van der Waals surface area contributed by atoms with Crippen molar-refractivity contribution >= 4 is 40.2 Å². The van der Waals surface area contributed by atoms with Gasteiger partial charge in [-0.2, -0.15) is 0 Å². The number of hydrogen-bond acceptors (Lipinski definition) is 6. The van der Waals surface area contributed by atoms with Crippen molar-refractivity contribution in [3.8, 4) is 9.88 Å². The first-order valence-electron chi connectivity index (χ1n) is 10.0. The van der Waals surface area contributed by atoms with Gasteiger partial charge in [-0.25, -0.2) is 4.98 Å². The molecule has 1 aromatic carbocycles. The average Bonchev–Trinajstić information content (AvgIpc) is 3.38. The molecule has 0 bridgehead atoms. The minimum atomic E-state index is -0.0312. The zero-order chi connectivity index (χ0) is 20.9. The summed E-state index contributed by atoms with van der Waals surface area (Å²) in [4.78, 5) is 23.3. The van der Waals surface area contributed by atoms with Crippen LogP contribution in [0.15, 0.2) is 47.8 Å². The monoisotopic (exact) mass is 460 g/mol. The van der Waals surface area contributed by atoms with E-state index in [9.17, 15) is 4.79 Å². The number of thiophene rings is 1. The van der Waals surface area contributed by atoms with Gasteiger partial charge in [-0.3, -0.25) is 9.69 Å². The van der Waals surface area contributed by atoms with Crippen LogP contribution >= 0.6 is 34.3 Å². The molecular weight excluding hydrogens is 436 g/mol. The molecule has 5 nitrogen and oxygen atoms in total. The number of piperazine rings is 1. The van der Waals surface area contributed by atoms with Crippen LogP contribution < -0.4 is 5.32 Å². The maximum Gasteiger partial charge on any atom is 0.226 e. The molecule has 30 heavy (non-hydrogen) atoms. The Bertz CT molecular complexity index is 966. The number of amides is 1. The van der Waals surface area contributed by atoms with Crippen LogP contribution in [0.5, 0.6) is 0 Å². The van der Waals surface area contributed by atoms with Crippen molar-refractivity contribution in [2.45, 2.75) is 12.5 Å². The van der Waals surface area contributed by atoms with Crippen molar-refractivity contribution in [1.82, 2.24) is 20.1 Å². The summed E-state index contributed by atoms with van der Waals surface area (Å²) in [5, 5.41) is 6.11. The summed E-state index contributed by atoms with van der Waals surface area (Å²) in [5.74, 6) is -0.000887. The van der Waals surface area contributed by atoms with Crippen LogP contribution in [0, 0.1) is 0 Å². The largest absolute Gasteiger partial charge is 0.348 e. The molecular formula is C22H25ClN4OS2. The first-order chi connectivity index (χ1) is 14.6. The normalized spacial score (nSPS) is 16.5. The smallest absolute Gasteiger partial charge is 0.226 e. The highest BCUT2D eigenvalue weighted by Gasteiger charge is 2.21. The van der Waals surface area contributed by atoms with E-state index in [1.807, 2.05) is 35.7 Å². The molecule has 4 rings (SSSR count). The van der Waals surface area contributed by atoms with Crippen molar-refractivity contribution in [1.29, 1.82) is 0 Å². The highest BCUT2D eigenvalue weighted by atomic mass is 35.5. The van der Waals surface area contributed by atoms with Crippen LogP contribution in [0.3, 0.4) is 0 Å². The zero-order valence-corrected chi connectivity index (χ0v) is 19.3. The fourth-order valence-electron chi connectivity index (χ4n) is 3.55. The molecule has 158 valence electrons. The SMILES string of the molecule is CN1CCN(CC(NC(=O)Cc2csc(-c3ccc(Cl)s3)n2)c2ccccc2)CC1. The van der Waals surface area contributed by atoms with Crippen LogP contribution in [-0.2, 0) is 11.2 Å². The van der Waals surface area contributed by atoms with Crippen molar-refractivity contribution in [3.05, 3.63) is 63.4 Å². The highest BCUT2D eigenvalue weighted by molar-refractivity contribution is 7.23. The summed E-state index contributed by atoms with van der Waals surface area (Å²) >= 11 is 9.08. The molecule has 2 aromatic heterocycles. The van der Waals surface area contributed by atoms with Gasteiger partial charge in [0.1, 0.15) is 5.01 Å². The lowest BCUT2D eigenvalue weighted by Crippen LogP contribution is -2.48. The molecule has 0 aliphatic carbocycles. The number of aromatic nitrogens is 1. The fraction of sp³-hybridized carbons (Fsp3) is 0.364. The number of nitrogens with zero attached hydrogens (tertiary/aromatic N) is 3. The third kappa shape index (κ3) is 5.68. The number of benzene rings is 1. The number of thiazole rings is 1. The second kappa shape index (κ2) is 10.0. The predicted molar refractivity (Wildman–Crippen MR) is 125 cm³/mol. The molecule has 1 atom stereocenters. The van der Waals surface area contributed by atoms with E-state index in [2.05, 4.69) is 39.3 Å². The topological polar surface area (TPSA) is 48.5 Å². The number of halogens is 1. The number of likely N-dealkylation sites (N-methyl/N-ethyl adjacent to an activating group) is 1. The van der Waals surface area contributed by atoms with Crippen molar-refractivity contribution in [2.24, 2.45) is 0 Å². The van der Waals surface area contributed by atoms with E-state index in [4.69, 9.17) is 11.6 Å². The van der Waals surface area contributed by atoms with Crippen LogP contribution in [0.1, 0.15) is 17.3 Å². The van der Waals surface area contributed by atoms with E-state index in [1.165, 1.54) is 11.3 Å². The first-order valence-corrected chi connectivity index (χ1v) is 12.1. The summed E-state index contributed by atoms with van der Waals surface area (Å²) in [6, 6.07) is 14.0. The Balaban J connectivity index is 1.41. The Hall–Kier alpha value is -1.77.